The lowest BCUT2D eigenvalue weighted by Crippen LogP contribution is -2.45. The number of likely N-dealkylation sites (tertiary alicyclic amines) is 1. The fourth-order valence-corrected chi connectivity index (χ4v) is 3.69. The van der Waals surface area contributed by atoms with E-state index in [-0.39, 0.29) is 11.9 Å². The van der Waals surface area contributed by atoms with Crippen molar-refractivity contribution >= 4 is 17.1 Å². The number of nitrogens with zero attached hydrogens (tertiary/aromatic N) is 5. The van der Waals surface area contributed by atoms with E-state index in [0.29, 0.717) is 22.8 Å². The van der Waals surface area contributed by atoms with Gasteiger partial charge >= 0.3 is 0 Å². The van der Waals surface area contributed by atoms with Crippen LogP contribution in [0.15, 0.2) is 42.6 Å². The highest BCUT2D eigenvalue weighted by Crippen LogP contribution is 2.24. The van der Waals surface area contributed by atoms with Crippen LogP contribution in [0.3, 0.4) is 0 Å². The zero-order valence-corrected chi connectivity index (χ0v) is 15.7. The van der Waals surface area contributed by atoms with Crippen LogP contribution in [0.4, 0.5) is 0 Å². The number of benzene rings is 1. The molecule has 1 N–H and O–H groups in total. The van der Waals surface area contributed by atoms with Crippen LogP contribution in [0.5, 0.6) is 0 Å². The topological polar surface area (TPSA) is 75.9 Å². The number of amides is 1. The molecule has 0 aliphatic carbocycles. The summed E-state index contributed by atoms with van der Waals surface area (Å²) in [5, 5.41) is 11.1. The third kappa shape index (κ3) is 3.68. The quantitative estimate of drug-likeness (QED) is 0.769. The van der Waals surface area contributed by atoms with Gasteiger partial charge in [0.05, 0.1) is 5.56 Å². The molecule has 1 aliphatic heterocycles. The van der Waals surface area contributed by atoms with E-state index in [4.69, 9.17) is 0 Å². The molecule has 4 rings (SSSR count). The highest BCUT2D eigenvalue weighted by Gasteiger charge is 2.25. The average molecular weight is 364 g/mol. The molecule has 140 valence electrons. The highest BCUT2D eigenvalue weighted by atomic mass is 16.1. The zero-order valence-electron chi connectivity index (χ0n) is 15.7. The number of hydrogen-bond donors (Lipinski definition) is 1. The molecule has 0 bridgehead atoms. The molecule has 1 unspecified atom stereocenters. The van der Waals surface area contributed by atoms with Gasteiger partial charge in [0, 0.05) is 38.4 Å². The Hall–Kier alpha value is -2.80. The number of aromatic nitrogens is 4. The number of rotatable bonds is 4. The number of pyridine rings is 1. The van der Waals surface area contributed by atoms with Crippen LogP contribution in [0.25, 0.3) is 11.2 Å². The Morgan fingerprint density at radius 3 is 2.70 bits per heavy atom. The molecule has 27 heavy (non-hydrogen) atoms. The van der Waals surface area contributed by atoms with Gasteiger partial charge in [-0.3, -0.25) is 9.69 Å². The third-order valence-corrected chi connectivity index (χ3v) is 5.40. The van der Waals surface area contributed by atoms with Gasteiger partial charge in [-0.25, -0.2) is 9.67 Å². The first-order valence-corrected chi connectivity index (χ1v) is 9.37. The SMILES string of the molecule is CC(c1ccccc1)N1CCC(NC(=O)c2cnc3c(c2)nnn3C)CC1. The van der Waals surface area contributed by atoms with Gasteiger partial charge in [-0.15, -0.1) is 5.10 Å². The summed E-state index contributed by atoms with van der Waals surface area (Å²) in [5.74, 6) is -0.0930. The van der Waals surface area contributed by atoms with Crippen LogP contribution in [-0.2, 0) is 7.05 Å². The molecule has 3 aromatic rings. The molecule has 1 amide bonds. The monoisotopic (exact) mass is 364 g/mol. The normalized spacial score (nSPS) is 17.1. The van der Waals surface area contributed by atoms with Gasteiger partial charge in [0.25, 0.3) is 5.91 Å². The lowest BCUT2D eigenvalue weighted by atomic mass is 10.00. The lowest BCUT2D eigenvalue weighted by Gasteiger charge is -2.36. The molecule has 3 heterocycles. The van der Waals surface area contributed by atoms with Crippen molar-refractivity contribution in [1.29, 1.82) is 0 Å². The van der Waals surface area contributed by atoms with E-state index in [1.165, 1.54) is 5.56 Å². The number of fused-ring (bicyclic) bond motifs is 1. The second kappa shape index (κ2) is 7.44. The maximum Gasteiger partial charge on any atom is 0.253 e. The van der Waals surface area contributed by atoms with E-state index in [1.807, 2.05) is 6.07 Å². The van der Waals surface area contributed by atoms with Crippen molar-refractivity contribution in [3.8, 4) is 0 Å². The van der Waals surface area contributed by atoms with Crippen molar-refractivity contribution in [2.45, 2.75) is 31.8 Å². The van der Waals surface area contributed by atoms with Crippen LogP contribution in [0, 0.1) is 0 Å². The van der Waals surface area contributed by atoms with E-state index >= 15 is 0 Å². The van der Waals surface area contributed by atoms with E-state index in [1.54, 1.807) is 24.0 Å². The number of piperidine rings is 1. The predicted octanol–water partition coefficient (Wildman–Crippen LogP) is 2.32. The highest BCUT2D eigenvalue weighted by molar-refractivity contribution is 5.96. The maximum atomic E-state index is 12.6. The minimum Gasteiger partial charge on any atom is -0.349 e. The molecule has 1 atom stereocenters. The van der Waals surface area contributed by atoms with Crippen LogP contribution < -0.4 is 5.32 Å². The van der Waals surface area contributed by atoms with E-state index in [9.17, 15) is 4.79 Å². The first-order chi connectivity index (χ1) is 13.1. The lowest BCUT2D eigenvalue weighted by molar-refractivity contribution is 0.0896. The van der Waals surface area contributed by atoms with Gasteiger partial charge in [0.15, 0.2) is 5.65 Å². The summed E-state index contributed by atoms with van der Waals surface area (Å²) in [5.41, 5.74) is 3.18. The third-order valence-electron chi connectivity index (χ3n) is 5.40. The summed E-state index contributed by atoms with van der Waals surface area (Å²) in [7, 11) is 1.78. The van der Waals surface area contributed by atoms with Gasteiger partial charge in [-0.1, -0.05) is 35.5 Å². The van der Waals surface area contributed by atoms with Crippen molar-refractivity contribution < 1.29 is 4.79 Å². The van der Waals surface area contributed by atoms with Gasteiger partial charge in [-0.05, 0) is 31.4 Å². The van der Waals surface area contributed by atoms with Crippen molar-refractivity contribution in [2.24, 2.45) is 7.05 Å². The number of hydrogen-bond acceptors (Lipinski definition) is 5. The van der Waals surface area contributed by atoms with Crippen LogP contribution in [0.2, 0.25) is 0 Å². The molecule has 7 nitrogen and oxygen atoms in total. The summed E-state index contributed by atoms with van der Waals surface area (Å²) in [6.45, 7) is 4.20. The minimum atomic E-state index is -0.0930. The second-order valence-electron chi connectivity index (χ2n) is 7.15. The van der Waals surface area contributed by atoms with Gasteiger partial charge in [0.2, 0.25) is 0 Å². The van der Waals surface area contributed by atoms with Crippen molar-refractivity contribution in [1.82, 2.24) is 30.2 Å². The first kappa shape index (κ1) is 17.6. The van der Waals surface area contributed by atoms with Gasteiger partial charge in [-0.2, -0.15) is 0 Å². The fraction of sp³-hybridized carbons (Fsp3) is 0.400. The Labute approximate surface area is 158 Å². The molecule has 0 spiro atoms. The van der Waals surface area contributed by atoms with E-state index in [0.717, 1.165) is 25.9 Å². The standard InChI is InChI=1S/C20H24N6O/c1-14(15-6-4-3-5-7-15)26-10-8-17(9-11-26)22-20(27)16-12-18-19(21-13-16)25(2)24-23-18/h3-7,12-14,17H,8-11H2,1-2H3,(H,22,27). The summed E-state index contributed by atoms with van der Waals surface area (Å²) in [4.78, 5) is 19.4. The Morgan fingerprint density at radius 2 is 1.96 bits per heavy atom. The van der Waals surface area contributed by atoms with Crippen molar-refractivity contribution in [3.05, 3.63) is 53.7 Å². The molecule has 1 fully saturated rings. The molecule has 1 saturated heterocycles. The first-order valence-electron chi connectivity index (χ1n) is 9.37. The number of aryl methyl sites for hydroxylation is 1. The van der Waals surface area contributed by atoms with Crippen LogP contribution in [-0.4, -0.2) is 49.9 Å². The smallest absolute Gasteiger partial charge is 0.253 e. The predicted molar refractivity (Wildman–Crippen MR) is 103 cm³/mol. The summed E-state index contributed by atoms with van der Waals surface area (Å²) in [6.07, 6.45) is 3.49. The van der Waals surface area contributed by atoms with Gasteiger partial charge < -0.3 is 5.32 Å². The maximum absolute atomic E-state index is 12.6. The second-order valence-corrected chi connectivity index (χ2v) is 7.15. The Morgan fingerprint density at radius 1 is 1.22 bits per heavy atom. The summed E-state index contributed by atoms with van der Waals surface area (Å²) < 4.78 is 1.60. The van der Waals surface area contributed by atoms with E-state index in [2.05, 4.69) is 56.7 Å². The minimum absolute atomic E-state index is 0.0930. The summed E-state index contributed by atoms with van der Waals surface area (Å²) >= 11 is 0. The Bertz CT molecular complexity index is 930. The number of nitrogens with one attached hydrogen (secondary N) is 1. The molecular formula is C20H24N6O. The zero-order chi connectivity index (χ0) is 18.8. The molecule has 0 radical (unpaired) electrons. The Balaban J connectivity index is 1.35. The fourth-order valence-electron chi connectivity index (χ4n) is 3.69. The number of carbonyl (C=O) groups is 1. The summed E-state index contributed by atoms with van der Waals surface area (Å²) in [6, 6.07) is 12.9. The molecule has 1 aliphatic rings. The van der Waals surface area contributed by atoms with Crippen LogP contribution in [0.1, 0.15) is 41.7 Å². The molecule has 1 aromatic carbocycles. The Kier molecular flexibility index (Phi) is 4.85. The number of carbonyl (C=O) groups excluding carboxylic acids is 1. The van der Waals surface area contributed by atoms with E-state index < -0.39 is 0 Å². The van der Waals surface area contributed by atoms with Crippen molar-refractivity contribution in [3.63, 3.8) is 0 Å². The van der Waals surface area contributed by atoms with Crippen LogP contribution >= 0.6 is 0 Å². The van der Waals surface area contributed by atoms with Crippen molar-refractivity contribution in [2.75, 3.05) is 13.1 Å². The largest absolute Gasteiger partial charge is 0.349 e. The average Bonchev–Trinajstić information content (AvgIpc) is 3.09. The molecule has 2 aromatic heterocycles. The van der Waals surface area contributed by atoms with Gasteiger partial charge in [0.1, 0.15) is 5.52 Å². The molecule has 7 heteroatoms. The molecular weight excluding hydrogens is 340 g/mol. The molecule has 0 saturated carbocycles.